The average Bonchev–Trinajstić information content (AvgIpc) is 3.01. The molecule has 0 heterocycles. The van der Waals surface area contributed by atoms with Crippen LogP contribution in [0.15, 0.2) is 12.8 Å². The van der Waals surface area contributed by atoms with Gasteiger partial charge in [-0.1, -0.05) is 212 Å². The number of unbranched alkanes of at least 4 members (excludes halogenated alkanes) is 33. The Morgan fingerprint density at radius 3 is 0.727 bits per heavy atom. The number of carboxylic acids is 1. The van der Waals surface area contributed by atoms with Gasteiger partial charge in [0.25, 0.3) is 0 Å². The van der Waals surface area contributed by atoms with Crippen molar-refractivity contribution in [2.45, 2.75) is 231 Å². The van der Waals surface area contributed by atoms with E-state index < -0.39 is 5.97 Å². The van der Waals surface area contributed by atoms with Gasteiger partial charge < -0.3 is 9.84 Å². The summed E-state index contributed by atoms with van der Waals surface area (Å²) in [6.45, 7) is 3.41. The Kier molecular flexibility index (Phi) is 36.7. The van der Waals surface area contributed by atoms with Gasteiger partial charge in [-0.2, -0.15) is 0 Å². The molecule has 0 amide bonds. The smallest absolute Gasteiger partial charge is 0.310 e. The minimum Gasteiger partial charge on any atom is -0.481 e. The number of hydrogen-bond acceptors (Lipinski definition) is 3. The quantitative estimate of drug-likeness (QED) is 0.0424. The highest BCUT2D eigenvalue weighted by atomic mass is 16.5. The second-order valence-corrected chi connectivity index (χ2v) is 13.6. The molecular weight excluding hydrogens is 544 g/mol. The second-order valence-electron chi connectivity index (χ2n) is 13.6. The first-order chi connectivity index (χ1) is 21.7. The molecule has 0 fully saturated rings. The minimum absolute atomic E-state index is 0.149. The molecule has 0 saturated heterocycles. The van der Waals surface area contributed by atoms with Crippen LogP contribution >= 0.6 is 0 Å². The van der Waals surface area contributed by atoms with Gasteiger partial charge >= 0.3 is 11.9 Å². The number of carboxylic acid groups (broad SMARTS) is 1. The van der Waals surface area contributed by atoms with Crippen molar-refractivity contribution < 1.29 is 19.4 Å². The van der Waals surface area contributed by atoms with Crippen molar-refractivity contribution in [1.82, 2.24) is 0 Å². The molecule has 0 aliphatic heterocycles. The number of hydrogen-bond donors (Lipinski definition) is 1. The molecule has 1 N–H and O–H groups in total. The number of aliphatic carboxylic acids is 1. The average molecular weight is 621 g/mol. The molecule has 4 heteroatoms. The Bertz CT molecular complexity index is 602. The van der Waals surface area contributed by atoms with Gasteiger partial charge in [0.1, 0.15) is 0 Å². The van der Waals surface area contributed by atoms with Crippen LogP contribution in [0.4, 0.5) is 0 Å². The van der Waals surface area contributed by atoms with Crippen LogP contribution in [0, 0.1) is 0 Å². The van der Waals surface area contributed by atoms with Crippen LogP contribution in [0.2, 0.25) is 0 Å². The van der Waals surface area contributed by atoms with E-state index in [-0.39, 0.29) is 5.97 Å². The number of rotatable bonds is 38. The van der Waals surface area contributed by atoms with Crippen molar-refractivity contribution >= 4 is 11.9 Å². The zero-order valence-electron chi connectivity index (χ0n) is 29.4. The van der Waals surface area contributed by atoms with E-state index >= 15 is 0 Å². The van der Waals surface area contributed by atoms with Gasteiger partial charge in [-0.15, -0.1) is 0 Å². The Labute approximate surface area is 275 Å². The van der Waals surface area contributed by atoms with Crippen molar-refractivity contribution in [3.05, 3.63) is 12.8 Å². The maximum atomic E-state index is 11.2. The Morgan fingerprint density at radius 1 is 0.364 bits per heavy atom. The van der Waals surface area contributed by atoms with E-state index in [4.69, 9.17) is 9.84 Å². The summed E-state index contributed by atoms with van der Waals surface area (Å²) in [5.74, 6) is -0.801. The maximum absolute atomic E-state index is 11.2. The number of carbonyl (C=O) groups is 2. The molecule has 4 nitrogen and oxygen atoms in total. The van der Waals surface area contributed by atoms with E-state index in [0.717, 1.165) is 25.7 Å². The third-order valence-electron chi connectivity index (χ3n) is 9.24. The molecule has 0 atom stereocenters. The third-order valence-corrected chi connectivity index (χ3v) is 9.24. The van der Waals surface area contributed by atoms with Crippen molar-refractivity contribution in [3.63, 3.8) is 0 Å². The molecule has 0 aromatic heterocycles. The van der Waals surface area contributed by atoms with Gasteiger partial charge in [-0.05, 0) is 12.8 Å². The maximum Gasteiger partial charge on any atom is 0.310 e. The lowest BCUT2D eigenvalue weighted by molar-refractivity contribution is -0.138. The highest BCUT2D eigenvalue weighted by molar-refractivity contribution is 5.69. The monoisotopic (exact) mass is 621 g/mol. The second kappa shape index (κ2) is 37.9. The molecule has 0 aromatic carbocycles. The summed E-state index contributed by atoms with van der Waals surface area (Å²) < 4.78 is 4.74. The Hall–Kier alpha value is -1.32. The lowest BCUT2D eigenvalue weighted by Gasteiger charge is -2.05. The molecule has 0 saturated carbocycles. The molecule has 0 bridgehead atoms. The van der Waals surface area contributed by atoms with E-state index in [1.54, 1.807) is 0 Å². The summed E-state index contributed by atoms with van der Waals surface area (Å²) in [7, 11) is 0. The van der Waals surface area contributed by atoms with Crippen LogP contribution in [0.3, 0.4) is 0 Å². The fourth-order valence-electron chi connectivity index (χ4n) is 6.35. The number of ether oxygens (including phenoxy) is 1. The topological polar surface area (TPSA) is 63.6 Å². The summed E-state index contributed by atoms with van der Waals surface area (Å²) in [6.07, 6.45) is 48.1. The summed E-state index contributed by atoms with van der Waals surface area (Å²) in [4.78, 5) is 21.7. The Morgan fingerprint density at radius 2 is 0.545 bits per heavy atom. The fourth-order valence-corrected chi connectivity index (χ4v) is 6.35. The minimum atomic E-state index is -0.653. The summed E-state index contributed by atoms with van der Waals surface area (Å²) in [5.41, 5.74) is 0. The van der Waals surface area contributed by atoms with Crippen molar-refractivity contribution in [3.8, 4) is 0 Å². The standard InChI is InChI=1S/C40H76O4/c1-2-44-40(43)38-36-34-32-30-28-26-24-22-20-18-16-14-12-10-8-6-4-3-5-7-9-11-13-15-17-19-21-23-25-27-29-31-33-35-37-39(41)42/h2H,1,3-38H2,(H,41,42). The van der Waals surface area contributed by atoms with Gasteiger partial charge in [0.15, 0.2) is 0 Å². The first-order valence-corrected chi connectivity index (χ1v) is 19.7. The van der Waals surface area contributed by atoms with Crippen molar-refractivity contribution in [2.75, 3.05) is 0 Å². The lowest BCUT2D eigenvalue weighted by Crippen LogP contribution is -1.98. The van der Waals surface area contributed by atoms with E-state index in [0.29, 0.717) is 12.8 Å². The Balaban J connectivity index is 3.06. The molecular formula is C40H76O4. The third kappa shape index (κ3) is 38.7. The van der Waals surface area contributed by atoms with Crippen LogP contribution in [-0.4, -0.2) is 17.0 Å². The predicted octanol–water partition coefficient (Wildman–Crippen LogP) is 13.8. The zero-order chi connectivity index (χ0) is 32.0. The van der Waals surface area contributed by atoms with Crippen LogP contribution < -0.4 is 0 Å². The molecule has 0 spiro atoms. The molecule has 0 radical (unpaired) electrons. The normalized spacial score (nSPS) is 11.2. The SMILES string of the molecule is C=COC(=O)CCCCCCCCCCCCCCCCCCCCCCCCCCCCCCCCCCCCC(=O)O. The van der Waals surface area contributed by atoms with E-state index in [1.807, 2.05) is 0 Å². The molecule has 0 rings (SSSR count). The van der Waals surface area contributed by atoms with Gasteiger partial charge in [0.2, 0.25) is 0 Å². The van der Waals surface area contributed by atoms with Crippen LogP contribution in [-0.2, 0) is 14.3 Å². The van der Waals surface area contributed by atoms with E-state index in [1.165, 1.54) is 199 Å². The zero-order valence-corrected chi connectivity index (χ0v) is 29.4. The molecule has 0 aliphatic rings. The van der Waals surface area contributed by atoms with Crippen LogP contribution in [0.25, 0.3) is 0 Å². The summed E-state index contributed by atoms with van der Waals surface area (Å²) in [5, 5.41) is 8.64. The molecule has 0 aromatic rings. The molecule has 0 aliphatic carbocycles. The largest absolute Gasteiger partial charge is 0.481 e. The fraction of sp³-hybridized carbons (Fsp3) is 0.900. The molecule has 260 valence electrons. The predicted molar refractivity (Wildman–Crippen MR) is 190 cm³/mol. The van der Waals surface area contributed by atoms with Gasteiger partial charge in [0.05, 0.1) is 6.26 Å². The molecule has 0 unspecified atom stereocenters. The van der Waals surface area contributed by atoms with Gasteiger partial charge in [-0.3, -0.25) is 9.59 Å². The highest BCUT2D eigenvalue weighted by Gasteiger charge is 2.01. The van der Waals surface area contributed by atoms with Gasteiger partial charge in [0, 0.05) is 12.8 Å². The van der Waals surface area contributed by atoms with Crippen molar-refractivity contribution in [2.24, 2.45) is 0 Å². The molecule has 44 heavy (non-hydrogen) atoms. The summed E-state index contributed by atoms with van der Waals surface area (Å²) in [6, 6.07) is 0. The van der Waals surface area contributed by atoms with Gasteiger partial charge in [-0.25, -0.2) is 0 Å². The number of esters is 1. The van der Waals surface area contributed by atoms with Crippen LogP contribution in [0.1, 0.15) is 231 Å². The first kappa shape index (κ1) is 42.7. The van der Waals surface area contributed by atoms with E-state index in [2.05, 4.69) is 6.58 Å². The summed E-state index contributed by atoms with van der Waals surface area (Å²) >= 11 is 0. The van der Waals surface area contributed by atoms with E-state index in [9.17, 15) is 9.59 Å². The number of carbonyl (C=O) groups excluding carboxylic acids is 1. The van der Waals surface area contributed by atoms with Crippen molar-refractivity contribution in [1.29, 1.82) is 0 Å². The highest BCUT2D eigenvalue weighted by Crippen LogP contribution is 2.17. The lowest BCUT2D eigenvalue weighted by atomic mass is 10.0. The first-order valence-electron chi connectivity index (χ1n) is 19.7. The van der Waals surface area contributed by atoms with Crippen LogP contribution in [0.5, 0.6) is 0 Å².